The number of aromatic nitrogens is 3. The van der Waals surface area contributed by atoms with Crippen LogP contribution in [-0.2, 0) is 0 Å². The molecule has 1 saturated heterocycles. The Bertz CT molecular complexity index is 672. The number of pyridine rings is 1. The van der Waals surface area contributed by atoms with E-state index in [-0.39, 0.29) is 6.61 Å². The number of hydrogen-bond acceptors (Lipinski definition) is 7. The summed E-state index contributed by atoms with van der Waals surface area (Å²) in [4.78, 5) is 13.6. The summed E-state index contributed by atoms with van der Waals surface area (Å²) in [6, 6.07) is 5.00. The minimum Gasteiger partial charge on any atom is -0.396 e. The van der Waals surface area contributed by atoms with Crippen molar-refractivity contribution >= 4 is 5.82 Å². The highest BCUT2D eigenvalue weighted by Crippen LogP contribution is 2.29. The summed E-state index contributed by atoms with van der Waals surface area (Å²) in [6.45, 7) is 3.13. The summed E-state index contributed by atoms with van der Waals surface area (Å²) in [6.07, 6.45) is 9.23. The summed E-state index contributed by atoms with van der Waals surface area (Å²) in [5.41, 5.74) is 0.913. The van der Waals surface area contributed by atoms with Crippen LogP contribution in [0, 0.1) is 0 Å². The van der Waals surface area contributed by atoms with Gasteiger partial charge in [-0.2, -0.15) is 4.98 Å². The Balaban J connectivity index is 1.51. The van der Waals surface area contributed by atoms with Gasteiger partial charge in [0, 0.05) is 50.1 Å². The molecule has 0 amide bonds. The van der Waals surface area contributed by atoms with E-state index in [4.69, 9.17) is 4.52 Å². The Morgan fingerprint density at radius 1 is 1.20 bits per heavy atom. The standard InChI is InChI=1S/C18H25N5O2/c24-10-6-16-12-22(8-9-23(16)15-3-1-2-4-15)17-11-14(5-7-19-17)18-20-13-25-21-18/h5,7,11,13,15-16,24H,1-4,6,8-10,12H2/t16-/m1/s1. The Morgan fingerprint density at radius 3 is 2.84 bits per heavy atom. The van der Waals surface area contributed by atoms with Crippen molar-refractivity contribution < 1.29 is 9.63 Å². The van der Waals surface area contributed by atoms with Gasteiger partial charge < -0.3 is 14.5 Å². The number of aliphatic hydroxyl groups excluding tert-OH is 1. The highest BCUT2D eigenvalue weighted by molar-refractivity contribution is 5.59. The third kappa shape index (κ3) is 3.52. The lowest BCUT2D eigenvalue weighted by Gasteiger charge is -2.45. The van der Waals surface area contributed by atoms with Crippen molar-refractivity contribution in [2.24, 2.45) is 0 Å². The van der Waals surface area contributed by atoms with Crippen molar-refractivity contribution in [3.63, 3.8) is 0 Å². The Hall–Kier alpha value is -1.99. The lowest BCUT2D eigenvalue weighted by Crippen LogP contribution is -2.56. The fraction of sp³-hybridized carbons (Fsp3) is 0.611. The van der Waals surface area contributed by atoms with Crippen LogP contribution in [0.5, 0.6) is 0 Å². The van der Waals surface area contributed by atoms with Gasteiger partial charge >= 0.3 is 0 Å². The molecule has 0 radical (unpaired) electrons. The number of aliphatic hydroxyl groups is 1. The Labute approximate surface area is 147 Å². The van der Waals surface area contributed by atoms with Crippen LogP contribution in [0.2, 0.25) is 0 Å². The molecule has 0 aromatic carbocycles. The van der Waals surface area contributed by atoms with Crippen LogP contribution in [0.1, 0.15) is 32.1 Å². The average molecular weight is 343 g/mol. The van der Waals surface area contributed by atoms with Crippen molar-refractivity contribution in [2.75, 3.05) is 31.1 Å². The first-order valence-corrected chi connectivity index (χ1v) is 9.19. The maximum atomic E-state index is 9.52. The molecule has 2 aromatic heterocycles. The molecule has 1 saturated carbocycles. The Morgan fingerprint density at radius 2 is 2.08 bits per heavy atom. The van der Waals surface area contributed by atoms with Gasteiger partial charge in [-0.15, -0.1) is 0 Å². The monoisotopic (exact) mass is 343 g/mol. The summed E-state index contributed by atoms with van der Waals surface area (Å²) in [7, 11) is 0. The first kappa shape index (κ1) is 16.5. The lowest BCUT2D eigenvalue weighted by molar-refractivity contribution is 0.0982. The van der Waals surface area contributed by atoms with Crippen LogP contribution < -0.4 is 4.90 Å². The molecule has 1 N–H and O–H groups in total. The molecule has 0 spiro atoms. The van der Waals surface area contributed by atoms with Crippen LogP contribution >= 0.6 is 0 Å². The molecule has 2 aromatic rings. The van der Waals surface area contributed by atoms with Gasteiger partial charge in [0.1, 0.15) is 5.82 Å². The van der Waals surface area contributed by atoms with Crippen LogP contribution in [0.25, 0.3) is 11.4 Å². The predicted molar refractivity (Wildman–Crippen MR) is 94.2 cm³/mol. The van der Waals surface area contributed by atoms with Crippen LogP contribution in [-0.4, -0.2) is 63.5 Å². The molecule has 7 nitrogen and oxygen atoms in total. The van der Waals surface area contributed by atoms with Gasteiger partial charge in [0.05, 0.1) is 0 Å². The minimum absolute atomic E-state index is 0.234. The molecule has 7 heteroatoms. The average Bonchev–Trinajstić information content (AvgIpc) is 3.36. The molecule has 4 rings (SSSR count). The zero-order valence-corrected chi connectivity index (χ0v) is 14.4. The number of anilines is 1. The number of hydrogen-bond donors (Lipinski definition) is 1. The maximum absolute atomic E-state index is 9.52. The second kappa shape index (κ2) is 7.49. The minimum atomic E-state index is 0.234. The summed E-state index contributed by atoms with van der Waals surface area (Å²) in [5.74, 6) is 1.52. The molecule has 2 aliphatic rings. The van der Waals surface area contributed by atoms with Crippen molar-refractivity contribution in [1.29, 1.82) is 0 Å². The van der Waals surface area contributed by atoms with E-state index in [2.05, 4.69) is 24.9 Å². The van der Waals surface area contributed by atoms with Gasteiger partial charge in [-0.05, 0) is 31.4 Å². The van der Waals surface area contributed by atoms with Crippen molar-refractivity contribution in [2.45, 2.75) is 44.2 Å². The molecule has 25 heavy (non-hydrogen) atoms. The normalized spacial score (nSPS) is 22.6. The van der Waals surface area contributed by atoms with Gasteiger partial charge in [-0.1, -0.05) is 18.0 Å². The molecule has 2 fully saturated rings. The predicted octanol–water partition coefficient (Wildman–Crippen LogP) is 1.95. The first-order valence-electron chi connectivity index (χ1n) is 9.19. The summed E-state index contributed by atoms with van der Waals surface area (Å²) in [5, 5.41) is 13.4. The largest absolute Gasteiger partial charge is 0.396 e. The molecule has 0 bridgehead atoms. The number of nitrogens with zero attached hydrogens (tertiary/aromatic N) is 5. The third-order valence-electron chi connectivity index (χ3n) is 5.47. The molecule has 1 aliphatic heterocycles. The van der Waals surface area contributed by atoms with E-state index in [0.29, 0.717) is 17.9 Å². The SMILES string of the molecule is OCC[C@@H]1CN(c2cc(-c3ncon3)ccn2)CCN1C1CCCC1. The van der Waals surface area contributed by atoms with Gasteiger partial charge in [-0.3, -0.25) is 4.90 Å². The van der Waals surface area contributed by atoms with E-state index in [0.717, 1.165) is 37.4 Å². The van der Waals surface area contributed by atoms with Gasteiger partial charge in [0.25, 0.3) is 0 Å². The van der Waals surface area contributed by atoms with Gasteiger partial charge in [0.2, 0.25) is 12.2 Å². The summed E-state index contributed by atoms with van der Waals surface area (Å²) < 4.78 is 4.84. The van der Waals surface area contributed by atoms with E-state index in [1.807, 2.05) is 12.1 Å². The van der Waals surface area contributed by atoms with Crippen LogP contribution in [0.15, 0.2) is 29.2 Å². The second-order valence-electron chi connectivity index (χ2n) is 6.95. The van der Waals surface area contributed by atoms with Gasteiger partial charge in [-0.25, -0.2) is 4.98 Å². The molecule has 1 aliphatic carbocycles. The van der Waals surface area contributed by atoms with Crippen molar-refractivity contribution in [3.05, 3.63) is 24.7 Å². The zero-order valence-electron chi connectivity index (χ0n) is 14.4. The number of piperazine rings is 1. The van der Waals surface area contributed by atoms with Crippen LogP contribution in [0.4, 0.5) is 5.82 Å². The highest BCUT2D eigenvalue weighted by Gasteiger charge is 2.33. The smallest absolute Gasteiger partial charge is 0.214 e. The zero-order chi connectivity index (χ0) is 17.1. The fourth-order valence-electron chi connectivity index (χ4n) is 4.23. The quantitative estimate of drug-likeness (QED) is 0.889. The van der Waals surface area contributed by atoms with Crippen molar-refractivity contribution in [3.8, 4) is 11.4 Å². The van der Waals surface area contributed by atoms with E-state index >= 15 is 0 Å². The molecule has 0 unspecified atom stereocenters. The van der Waals surface area contributed by atoms with E-state index in [9.17, 15) is 5.11 Å². The van der Waals surface area contributed by atoms with E-state index in [1.165, 1.54) is 32.1 Å². The van der Waals surface area contributed by atoms with Gasteiger partial charge in [0.15, 0.2) is 0 Å². The Kier molecular flexibility index (Phi) is 4.94. The summed E-state index contributed by atoms with van der Waals surface area (Å²) >= 11 is 0. The third-order valence-corrected chi connectivity index (χ3v) is 5.47. The molecule has 3 heterocycles. The van der Waals surface area contributed by atoms with E-state index < -0.39 is 0 Å². The lowest BCUT2D eigenvalue weighted by atomic mass is 10.0. The van der Waals surface area contributed by atoms with E-state index in [1.54, 1.807) is 6.20 Å². The molecule has 1 atom stereocenters. The van der Waals surface area contributed by atoms with Crippen LogP contribution in [0.3, 0.4) is 0 Å². The molecular formula is C18H25N5O2. The highest BCUT2D eigenvalue weighted by atomic mass is 16.5. The second-order valence-corrected chi connectivity index (χ2v) is 6.95. The van der Waals surface area contributed by atoms with Crippen molar-refractivity contribution in [1.82, 2.24) is 20.0 Å². The number of rotatable bonds is 5. The maximum Gasteiger partial charge on any atom is 0.214 e. The molecular weight excluding hydrogens is 318 g/mol. The molecule has 134 valence electrons. The first-order chi connectivity index (χ1) is 12.3. The topological polar surface area (TPSA) is 78.5 Å². The fourth-order valence-corrected chi connectivity index (χ4v) is 4.23.